The monoisotopic (exact) mass is 352 g/mol. The number of aliphatic hydroxyl groups is 2. The summed E-state index contributed by atoms with van der Waals surface area (Å²) in [6.45, 7) is 11.5. The molecule has 2 unspecified atom stereocenters. The Morgan fingerprint density at radius 3 is 2.00 bits per heavy atom. The van der Waals surface area contributed by atoms with Gasteiger partial charge in [-0.25, -0.2) is 0 Å². The van der Waals surface area contributed by atoms with Crippen molar-refractivity contribution in [1.29, 1.82) is 0 Å². The zero-order chi connectivity index (χ0) is 18.9. The van der Waals surface area contributed by atoms with E-state index in [9.17, 15) is 10.2 Å². The molecule has 4 saturated carbocycles. The lowest BCUT2D eigenvalue weighted by Gasteiger charge is -2.63. The van der Waals surface area contributed by atoms with Crippen molar-refractivity contribution in [2.75, 3.05) is 0 Å². The molecule has 0 amide bonds. The molecule has 4 fully saturated rings. The van der Waals surface area contributed by atoms with E-state index < -0.39 is 0 Å². The molecule has 2 nitrogen and oxygen atoms in total. The maximum Gasteiger partial charge on any atom is 0.108 e. The molecule has 4 aliphatic carbocycles. The molecule has 0 aliphatic heterocycles. The quantitative estimate of drug-likeness (QED) is 0.411. The molecule has 4 rings (SSSR count). The van der Waals surface area contributed by atoms with Crippen LogP contribution in [0.25, 0.3) is 0 Å². The van der Waals surface area contributed by atoms with Crippen molar-refractivity contribution in [2.45, 2.75) is 52.4 Å². The van der Waals surface area contributed by atoms with Crippen LogP contribution in [-0.4, -0.2) is 10.2 Å². The third kappa shape index (κ3) is 3.34. The molecule has 0 heterocycles. The predicted octanol–water partition coefficient (Wildman–Crippen LogP) is 6.72. The van der Waals surface area contributed by atoms with Crippen LogP contribution in [0.2, 0.25) is 0 Å². The summed E-state index contributed by atoms with van der Waals surface area (Å²) in [5.74, 6) is 1.94. The summed E-state index contributed by atoms with van der Waals surface area (Å²) in [6.07, 6.45) is 19.3. The second-order valence-electron chi connectivity index (χ2n) is 8.72. The molecular formula is C24H32O2. The van der Waals surface area contributed by atoms with Gasteiger partial charge >= 0.3 is 0 Å². The van der Waals surface area contributed by atoms with E-state index >= 15 is 0 Å². The van der Waals surface area contributed by atoms with Gasteiger partial charge in [0, 0.05) is 0 Å². The van der Waals surface area contributed by atoms with E-state index in [1.807, 2.05) is 6.08 Å². The second kappa shape index (κ2) is 6.98. The van der Waals surface area contributed by atoms with E-state index in [1.54, 1.807) is 19.1 Å². The molecule has 4 aliphatic rings. The average Bonchev–Trinajstić information content (AvgIpc) is 2.53. The lowest BCUT2D eigenvalue weighted by atomic mass is 9.41. The minimum absolute atomic E-state index is 0.110. The fraction of sp³-hybridized carbons (Fsp3) is 0.500. The Kier molecular flexibility index (Phi) is 5.05. The largest absolute Gasteiger partial charge is 0.513 e. The van der Waals surface area contributed by atoms with Crippen LogP contribution in [0.15, 0.2) is 72.3 Å². The first kappa shape index (κ1) is 18.8. The third-order valence-corrected chi connectivity index (χ3v) is 6.78. The zero-order valence-electron chi connectivity index (χ0n) is 16.2. The van der Waals surface area contributed by atoms with Crippen LogP contribution in [0.1, 0.15) is 52.4 Å². The Hall–Kier alpha value is -1.96. The van der Waals surface area contributed by atoms with Crippen molar-refractivity contribution in [3.63, 3.8) is 0 Å². The van der Waals surface area contributed by atoms with Gasteiger partial charge in [0.1, 0.15) is 5.76 Å². The third-order valence-electron chi connectivity index (χ3n) is 6.78. The molecule has 0 aromatic carbocycles. The average molecular weight is 353 g/mol. The summed E-state index contributed by atoms with van der Waals surface area (Å²) in [5, 5.41) is 19.1. The molecule has 0 saturated heterocycles. The van der Waals surface area contributed by atoms with Gasteiger partial charge in [0.25, 0.3) is 0 Å². The molecular weight excluding hydrogens is 320 g/mol. The molecule has 0 spiro atoms. The minimum Gasteiger partial charge on any atom is -0.513 e. The fourth-order valence-electron chi connectivity index (χ4n) is 6.37. The summed E-state index contributed by atoms with van der Waals surface area (Å²) in [4.78, 5) is 0. The minimum atomic E-state index is 0.110. The summed E-state index contributed by atoms with van der Waals surface area (Å²) in [6, 6.07) is 0. The van der Waals surface area contributed by atoms with Crippen LogP contribution in [0.4, 0.5) is 0 Å². The van der Waals surface area contributed by atoms with Gasteiger partial charge < -0.3 is 10.2 Å². The van der Waals surface area contributed by atoms with Crippen LogP contribution < -0.4 is 0 Å². The first-order valence-corrected chi connectivity index (χ1v) is 9.76. The summed E-state index contributed by atoms with van der Waals surface area (Å²) in [7, 11) is 0. The van der Waals surface area contributed by atoms with Crippen molar-refractivity contribution in [3.05, 3.63) is 72.3 Å². The highest BCUT2D eigenvalue weighted by Gasteiger charge is 2.58. The Bertz CT molecular complexity index is 698. The van der Waals surface area contributed by atoms with Crippen LogP contribution in [0.3, 0.4) is 0 Å². The topological polar surface area (TPSA) is 40.5 Å². The Balaban J connectivity index is 2.01. The number of hydrogen-bond acceptors (Lipinski definition) is 2. The van der Waals surface area contributed by atoms with Gasteiger partial charge in [-0.2, -0.15) is 0 Å². The molecule has 2 heteroatoms. The number of allylic oxidation sites excluding steroid dienone is 9. The van der Waals surface area contributed by atoms with Crippen LogP contribution in [0, 0.1) is 22.7 Å². The van der Waals surface area contributed by atoms with E-state index in [0.717, 1.165) is 18.3 Å². The van der Waals surface area contributed by atoms with E-state index in [-0.39, 0.29) is 16.6 Å². The van der Waals surface area contributed by atoms with Crippen molar-refractivity contribution in [3.8, 4) is 0 Å². The lowest BCUT2D eigenvalue weighted by molar-refractivity contribution is -0.0705. The zero-order valence-corrected chi connectivity index (χ0v) is 16.2. The van der Waals surface area contributed by atoms with Gasteiger partial charge in [0.2, 0.25) is 0 Å². The van der Waals surface area contributed by atoms with Gasteiger partial charge in [-0.15, -0.1) is 0 Å². The maximum atomic E-state index is 9.61. The van der Waals surface area contributed by atoms with Crippen LogP contribution in [0.5, 0.6) is 0 Å². The molecule has 2 atom stereocenters. The highest BCUT2D eigenvalue weighted by atomic mass is 16.3. The van der Waals surface area contributed by atoms with Crippen LogP contribution in [-0.2, 0) is 0 Å². The SMILES string of the molecule is C=C/C(=C\C=C(/C)O)C12CC3CC(C1)CC(C(/C=C\C(=C)O)=C/C)(C3)C2. The first-order valence-electron chi connectivity index (χ1n) is 9.76. The molecule has 26 heavy (non-hydrogen) atoms. The Morgan fingerprint density at radius 2 is 1.54 bits per heavy atom. The maximum absolute atomic E-state index is 9.61. The number of aliphatic hydroxyl groups excluding tert-OH is 2. The number of rotatable bonds is 6. The molecule has 140 valence electrons. The highest BCUT2D eigenvalue weighted by Crippen LogP contribution is 2.69. The van der Waals surface area contributed by atoms with Gasteiger partial charge in [-0.05, 0) is 98.3 Å². The molecule has 0 aromatic heterocycles. The van der Waals surface area contributed by atoms with Crippen molar-refractivity contribution in [1.82, 2.24) is 0 Å². The predicted molar refractivity (Wildman–Crippen MR) is 109 cm³/mol. The van der Waals surface area contributed by atoms with E-state index in [1.165, 1.54) is 43.3 Å². The highest BCUT2D eigenvalue weighted by molar-refractivity contribution is 5.39. The summed E-state index contributed by atoms with van der Waals surface area (Å²) in [5.41, 5.74) is 2.96. The van der Waals surface area contributed by atoms with Crippen molar-refractivity contribution in [2.24, 2.45) is 22.7 Å². The van der Waals surface area contributed by atoms with E-state index in [0.29, 0.717) is 5.76 Å². The first-order chi connectivity index (χ1) is 12.3. The molecule has 0 radical (unpaired) electrons. The fourth-order valence-corrected chi connectivity index (χ4v) is 6.37. The number of hydrogen-bond donors (Lipinski definition) is 2. The normalized spacial score (nSPS) is 37.4. The van der Waals surface area contributed by atoms with Gasteiger partial charge in [0.15, 0.2) is 0 Å². The molecule has 2 N–H and O–H groups in total. The van der Waals surface area contributed by atoms with Crippen LogP contribution >= 0.6 is 0 Å². The Morgan fingerprint density at radius 1 is 0.962 bits per heavy atom. The Labute approximate surface area is 158 Å². The molecule has 0 aromatic rings. The standard InChI is InChI=1S/C24H32O2/c1-5-21(9-7-17(3)25)23-12-19-11-20(13-23)15-24(14-19,16-23)22(6-2)10-8-18(4)26/h5-10,19-20,25-26H,1,4,11-16H2,2-3H3/b10-8-,17-7+,21-9+,22-6+. The summed E-state index contributed by atoms with van der Waals surface area (Å²) < 4.78 is 0. The van der Waals surface area contributed by atoms with Gasteiger partial charge in [-0.3, -0.25) is 0 Å². The van der Waals surface area contributed by atoms with Crippen molar-refractivity contribution >= 4 is 0 Å². The lowest BCUT2D eigenvalue weighted by Crippen LogP contribution is -2.53. The van der Waals surface area contributed by atoms with Gasteiger partial charge in [-0.1, -0.05) is 37.5 Å². The smallest absolute Gasteiger partial charge is 0.108 e. The second-order valence-corrected chi connectivity index (χ2v) is 8.72. The molecule has 4 bridgehead atoms. The van der Waals surface area contributed by atoms with Gasteiger partial charge in [0.05, 0.1) is 5.76 Å². The summed E-state index contributed by atoms with van der Waals surface area (Å²) >= 11 is 0. The van der Waals surface area contributed by atoms with Crippen molar-refractivity contribution < 1.29 is 10.2 Å². The van der Waals surface area contributed by atoms with E-state index in [2.05, 4.69) is 38.3 Å². The van der Waals surface area contributed by atoms with E-state index in [4.69, 9.17) is 0 Å².